The van der Waals surface area contributed by atoms with Crippen LogP contribution in [-0.2, 0) is 6.61 Å². The maximum atomic E-state index is 12.3. The Labute approximate surface area is 160 Å². The number of methoxy groups -OCH3 is 1. The fraction of sp³-hybridized carbons (Fsp3) is 0.150. The van der Waals surface area contributed by atoms with E-state index in [4.69, 9.17) is 13.9 Å². The first-order valence-corrected chi connectivity index (χ1v) is 8.77. The normalized spacial score (nSPS) is 10.4. The molecule has 0 aliphatic carbocycles. The molecule has 0 atom stereocenters. The van der Waals surface area contributed by atoms with Gasteiger partial charge in [0.05, 0.1) is 7.11 Å². The van der Waals surface area contributed by atoms with E-state index in [1.54, 1.807) is 19.2 Å². The fourth-order valence-electron chi connectivity index (χ4n) is 2.36. The number of aryl methyl sites for hydroxylation is 1. The number of halogens is 1. The molecule has 26 heavy (non-hydrogen) atoms. The lowest BCUT2D eigenvalue weighted by Gasteiger charge is -2.07. The summed E-state index contributed by atoms with van der Waals surface area (Å²) in [7, 11) is 1.61. The lowest BCUT2D eigenvalue weighted by atomic mass is 10.2. The van der Waals surface area contributed by atoms with Crippen molar-refractivity contribution in [2.75, 3.05) is 12.4 Å². The van der Waals surface area contributed by atoms with Gasteiger partial charge in [-0.3, -0.25) is 4.79 Å². The summed E-state index contributed by atoms with van der Waals surface area (Å²) in [5.74, 6) is 1.96. The quantitative estimate of drug-likeness (QED) is 0.601. The Morgan fingerprint density at radius 3 is 2.50 bits per heavy atom. The van der Waals surface area contributed by atoms with E-state index >= 15 is 0 Å². The van der Waals surface area contributed by atoms with Crippen LogP contribution < -0.4 is 14.8 Å². The first-order valence-electron chi connectivity index (χ1n) is 7.98. The Hall–Kier alpha value is -2.73. The van der Waals surface area contributed by atoms with Crippen molar-refractivity contribution in [1.82, 2.24) is 0 Å². The number of hydrogen-bond donors (Lipinski definition) is 1. The minimum Gasteiger partial charge on any atom is -0.497 e. The molecule has 0 saturated carbocycles. The van der Waals surface area contributed by atoms with Gasteiger partial charge in [-0.2, -0.15) is 0 Å². The Balaban J connectivity index is 1.60. The van der Waals surface area contributed by atoms with Crippen LogP contribution in [0, 0.1) is 6.92 Å². The Kier molecular flexibility index (Phi) is 5.63. The van der Waals surface area contributed by atoms with Crippen molar-refractivity contribution in [3.63, 3.8) is 0 Å². The monoisotopic (exact) mass is 415 g/mol. The van der Waals surface area contributed by atoms with Crippen LogP contribution in [0.15, 0.2) is 63.5 Å². The van der Waals surface area contributed by atoms with E-state index in [-0.39, 0.29) is 18.3 Å². The predicted molar refractivity (Wildman–Crippen MR) is 103 cm³/mol. The summed E-state index contributed by atoms with van der Waals surface area (Å²) in [5, 5.41) is 2.85. The molecule has 0 unspecified atom stereocenters. The molecule has 5 nitrogen and oxygen atoms in total. The van der Waals surface area contributed by atoms with Gasteiger partial charge in [0.1, 0.15) is 23.9 Å². The summed E-state index contributed by atoms with van der Waals surface area (Å²) in [6.45, 7) is 2.16. The molecular weight excluding hydrogens is 398 g/mol. The van der Waals surface area contributed by atoms with Crippen molar-refractivity contribution in [3.05, 3.63) is 76.2 Å². The van der Waals surface area contributed by atoms with Gasteiger partial charge in [0, 0.05) is 10.2 Å². The second kappa shape index (κ2) is 8.10. The van der Waals surface area contributed by atoms with Crippen LogP contribution in [0.3, 0.4) is 0 Å². The molecule has 0 fully saturated rings. The van der Waals surface area contributed by atoms with E-state index < -0.39 is 0 Å². The van der Waals surface area contributed by atoms with E-state index in [2.05, 4.69) is 21.2 Å². The first-order chi connectivity index (χ1) is 12.5. The van der Waals surface area contributed by atoms with Gasteiger partial charge in [0.25, 0.3) is 5.91 Å². The maximum absolute atomic E-state index is 12.3. The zero-order valence-corrected chi connectivity index (χ0v) is 16.0. The number of anilines is 1. The zero-order chi connectivity index (χ0) is 18.5. The van der Waals surface area contributed by atoms with Crippen molar-refractivity contribution in [1.29, 1.82) is 0 Å². The molecule has 0 aliphatic rings. The van der Waals surface area contributed by atoms with Crippen LogP contribution in [0.1, 0.15) is 21.9 Å². The molecule has 1 aromatic heterocycles. The average Bonchev–Trinajstić information content (AvgIpc) is 3.12. The van der Waals surface area contributed by atoms with E-state index in [1.165, 1.54) is 0 Å². The standard InChI is InChI=1S/C20H18BrNO4/c1-13-11-14(21)3-9-18(13)22-20(23)19-10-8-17(26-19)12-25-16-6-4-15(24-2)5-7-16/h3-11H,12H2,1-2H3,(H,22,23). The largest absolute Gasteiger partial charge is 0.497 e. The third-order valence-electron chi connectivity index (χ3n) is 3.76. The number of furan rings is 1. The molecule has 1 heterocycles. The Morgan fingerprint density at radius 1 is 1.08 bits per heavy atom. The number of ether oxygens (including phenoxy) is 2. The average molecular weight is 416 g/mol. The third-order valence-corrected chi connectivity index (χ3v) is 4.26. The van der Waals surface area contributed by atoms with Crippen LogP contribution >= 0.6 is 15.9 Å². The van der Waals surface area contributed by atoms with Gasteiger partial charge in [-0.1, -0.05) is 15.9 Å². The van der Waals surface area contributed by atoms with Crippen molar-refractivity contribution in [2.45, 2.75) is 13.5 Å². The summed E-state index contributed by atoms with van der Waals surface area (Å²) in [6, 6.07) is 16.3. The second-order valence-corrected chi connectivity index (χ2v) is 6.56. The SMILES string of the molecule is COc1ccc(OCc2ccc(C(=O)Nc3ccc(Br)cc3C)o2)cc1. The second-order valence-electron chi connectivity index (χ2n) is 5.64. The summed E-state index contributed by atoms with van der Waals surface area (Å²) < 4.78 is 17.3. The number of hydrogen-bond acceptors (Lipinski definition) is 4. The Morgan fingerprint density at radius 2 is 1.81 bits per heavy atom. The number of rotatable bonds is 6. The first kappa shape index (κ1) is 18.1. The number of nitrogens with one attached hydrogen (secondary N) is 1. The fourth-order valence-corrected chi connectivity index (χ4v) is 2.83. The van der Waals surface area contributed by atoms with Gasteiger partial charge >= 0.3 is 0 Å². The molecule has 1 amide bonds. The molecule has 3 rings (SSSR count). The minimum absolute atomic E-state index is 0.233. The van der Waals surface area contributed by atoms with E-state index in [0.29, 0.717) is 11.5 Å². The molecule has 0 bridgehead atoms. The highest BCUT2D eigenvalue weighted by molar-refractivity contribution is 9.10. The smallest absolute Gasteiger partial charge is 0.291 e. The molecule has 134 valence electrons. The van der Waals surface area contributed by atoms with Crippen LogP contribution in [0.5, 0.6) is 11.5 Å². The molecule has 0 radical (unpaired) electrons. The summed E-state index contributed by atoms with van der Waals surface area (Å²) in [5.41, 5.74) is 1.70. The molecular formula is C20H18BrNO4. The van der Waals surface area contributed by atoms with Gasteiger partial charge in [-0.25, -0.2) is 0 Å². The highest BCUT2D eigenvalue weighted by Gasteiger charge is 2.13. The predicted octanol–water partition coefficient (Wildman–Crippen LogP) is 5.19. The zero-order valence-electron chi connectivity index (χ0n) is 14.4. The third kappa shape index (κ3) is 4.46. The highest BCUT2D eigenvalue weighted by Crippen LogP contribution is 2.22. The van der Waals surface area contributed by atoms with Crippen LogP contribution in [0.25, 0.3) is 0 Å². The molecule has 1 N–H and O–H groups in total. The van der Waals surface area contributed by atoms with Crippen molar-refractivity contribution >= 4 is 27.5 Å². The summed E-state index contributed by atoms with van der Waals surface area (Å²) >= 11 is 3.40. The van der Waals surface area contributed by atoms with Gasteiger partial charge in [0.15, 0.2) is 5.76 Å². The van der Waals surface area contributed by atoms with Crippen LogP contribution in [0.4, 0.5) is 5.69 Å². The highest BCUT2D eigenvalue weighted by atomic mass is 79.9. The van der Waals surface area contributed by atoms with Crippen LogP contribution in [-0.4, -0.2) is 13.0 Å². The maximum Gasteiger partial charge on any atom is 0.291 e. The van der Waals surface area contributed by atoms with Gasteiger partial charge in [-0.05, 0) is 67.1 Å². The molecule has 3 aromatic rings. The Bertz CT molecular complexity index is 902. The summed E-state index contributed by atoms with van der Waals surface area (Å²) in [6.07, 6.45) is 0. The lowest BCUT2D eigenvalue weighted by Crippen LogP contribution is -2.11. The molecule has 2 aromatic carbocycles. The van der Waals surface area contributed by atoms with Crippen molar-refractivity contribution in [3.8, 4) is 11.5 Å². The van der Waals surface area contributed by atoms with E-state index in [0.717, 1.165) is 21.5 Å². The van der Waals surface area contributed by atoms with Gasteiger partial charge in [0.2, 0.25) is 0 Å². The van der Waals surface area contributed by atoms with E-state index in [9.17, 15) is 4.79 Å². The van der Waals surface area contributed by atoms with Crippen molar-refractivity contribution in [2.24, 2.45) is 0 Å². The minimum atomic E-state index is -0.300. The number of carbonyl (C=O) groups excluding carboxylic acids is 1. The van der Waals surface area contributed by atoms with Gasteiger partial charge < -0.3 is 19.2 Å². The van der Waals surface area contributed by atoms with E-state index in [1.807, 2.05) is 49.4 Å². The molecule has 0 aliphatic heterocycles. The lowest BCUT2D eigenvalue weighted by molar-refractivity contribution is 0.0992. The number of benzene rings is 2. The molecule has 0 spiro atoms. The topological polar surface area (TPSA) is 60.7 Å². The summed E-state index contributed by atoms with van der Waals surface area (Å²) in [4.78, 5) is 12.3. The van der Waals surface area contributed by atoms with Crippen LogP contribution in [0.2, 0.25) is 0 Å². The number of amides is 1. The number of carbonyl (C=O) groups is 1. The van der Waals surface area contributed by atoms with Gasteiger partial charge in [-0.15, -0.1) is 0 Å². The van der Waals surface area contributed by atoms with Crippen molar-refractivity contribution < 1.29 is 18.7 Å². The molecule has 0 saturated heterocycles. The molecule has 6 heteroatoms.